The molecule has 4 aliphatic rings. The van der Waals surface area contributed by atoms with E-state index in [1.807, 2.05) is 31.2 Å². The molecule has 2 N–H and O–H groups in total. The van der Waals surface area contributed by atoms with Crippen LogP contribution in [-0.2, 0) is 6.42 Å². The van der Waals surface area contributed by atoms with Crippen LogP contribution in [0, 0.1) is 30.1 Å². The average molecular weight is 485 g/mol. The summed E-state index contributed by atoms with van der Waals surface area (Å²) in [5.41, 5.74) is 3.60. The fraction of sp³-hybridized carbons (Fsp3) is 0.433. The third-order valence-electron chi connectivity index (χ3n) is 8.73. The van der Waals surface area contributed by atoms with E-state index in [1.54, 1.807) is 12.1 Å². The van der Waals surface area contributed by atoms with E-state index >= 15 is 0 Å². The molecule has 0 saturated heterocycles. The van der Waals surface area contributed by atoms with E-state index in [2.05, 4.69) is 4.98 Å². The molecule has 4 aliphatic carbocycles. The zero-order valence-electron chi connectivity index (χ0n) is 20.6. The number of hydrogen-bond donors (Lipinski definition) is 2. The first kappa shape index (κ1) is 23.0. The van der Waals surface area contributed by atoms with Crippen LogP contribution in [0.25, 0.3) is 11.4 Å². The second kappa shape index (κ2) is 8.91. The number of aryl methyl sites for hydroxylation is 2. The zero-order valence-corrected chi connectivity index (χ0v) is 20.6. The number of carbonyl (C=O) groups excluding carboxylic acids is 1. The standard InChI is InChI=1S/C30H32N2O4/c1-18-5-2-3-8-24(18)27-31-25(9-10-30-15-19-11-20(16-30)13-21(12-19)17-30)26(32-27)29(35)36-23-7-4-6-22(14-23)28(33)34/h2-8,14,19-21H,9-13,15-17H2,1H3,(H,31,32)(H,33,34). The maximum atomic E-state index is 13.3. The van der Waals surface area contributed by atoms with Gasteiger partial charge < -0.3 is 14.8 Å². The number of aromatic carboxylic acids is 1. The van der Waals surface area contributed by atoms with Gasteiger partial charge in [-0.15, -0.1) is 0 Å². The van der Waals surface area contributed by atoms with Crippen molar-refractivity contribution in [3.8, 4) is 17.1 Å². The molecule has 6 nitrogen and oxygen atoms in total. The van der Waals surface area contributed by atoms with Gasteiger partial charge in [0.1, 0.15) is 11.6 Å². The summed E-state index contributed by atoms with van der Waals surface area (Å²) in [6, 6.07) is 14.0. The van der Waals surface area contributed by atoms with E-state index in [0.29, 0.717) is 16.9 Å². The lowest BCUT2D eigenvalue weighted by molar-refractivity contribution is -0.0571. The van der Waals surface area contributed by atoms with E-state index < -0.39 is 11.9 Å². The first-order valence-electron chi connectivity index (χ1n) is 13.1. The topological polar surface area (TPSA) is 92.3 Å². The van der Waals surface area contributed by atoms with Gasteiger partial charge in [0.2, 0.25) is 0 Å². The molecule has 4 fully saturated rings. The molecule has 0 atom stereocenters. The third kappa shape index (κ3) is 4.34. The van der Waals surface area contributed by atoms with Crippen LogP contribution >= 0.6 is 0 Å². The van der Waals surface area contributed by atoms with Crippen molar-refractivity contribution in [3.05, 3.63) is 71.0 Å². The van der Waals surface area contributed by atoms with Crippen molar-refractivity contribution in [1.82, 2.24) is 9.97 Å². The number of carboxylic acids is 1. The lowest BCUT2D eigenvalue weighted by Gasteiger charge is -2.57. The third-order valence-corrected chi connectivity index (χ3v) is 8.73. The number of hydrogen-bond acceptors (Lipinski definition) is 4. The van der Waals surface area contributed by atoms with Crippen LogP contribution in [0.3, 0.4) is 0 Å². The number of aromatic amines is 1. The molecule has 3 aromatic rings. The smallest absolute Gasteiger partial charge is 0.364 e. The van der Waals surface area contributed by atoms with E-state index in [4.69, 9.17) is 9.72 Å². The average Bonchev–Trinajstić information content (AvgIpc) is 3.27. The highest BCUT2D eigenvalue weighted by atomic mass is 16.5. The molecule has 2 aromatic carbocycles. The zero-order chi connectivity index (χ0) is 24.9. The second-order valence-corrected chi connectivity index (χ2v) is 11.4. The number of ether oxygens (including phenoxy) is 1. The molecule has 0 spiro atoms. The van der Waals surface area contributed by atoms with Crippen LogP contribution in [0.4, 0.5) is 0 Å². The van der Waals surface area contributed by atoms with Gasteiger partial charge in [-0.1, -0.05) is 30.3 Å². The molecule has 4 bridgehead atoms. The summed E-state index contributed by atoms with van der Waals surface area (Å²) >= 11 is 0. The number of imidazole rings is 1. The number of carbonyl (C=O) groups is 2. The summed E-state index contributed by atoms with van der Waals surface area (Å²) in [7, 11) is 0. The number of rotatable bonds is 7. The normalized spacial score (nSPS) is 26.2. The summed E-state index contributed by atoms with van der Waals surface area (Å²) in [5.74, 6) is 1.89. The van der Waals surface area contributed by atoms with Crippen LogP contribution in [-0.4, -0.2) is 27.0 Å². The Morgan fingerprint density at radius 1 is 1.03 bits per heavy atom. The van der Waals surface area contributed by atoms with Gasteiger partial charge in [-0.25, -0.2) is 14.6 Å². The van der Waals surface area contributed by atoms with Gasteiger partial charge in [-0.2, -0.15) is 0 Å². The Kier molecular flexibility index (Phi) is 5.70. The highest BCUT2D eigenvalue weighted by Crippen LogP contribution is 2.61. The van der Waals surface area contributed by atoms with E-state index in [1.165, 1.54) is 50.7 Å². The quantitative estimate of drug-likeness (QED) is 0.297. The van der Waals surface area contributed by atoms with Crippen LogP contribution in [0.15, 0.2) is 48.5 Å². The van der Waals surface area contributed by atoms with Gasteiger partial charge >= 0.3 is 11.9 Å². The van der Waals surface area contributed by atoms with Crippen molar-refractivity contribution in [2.45, 2.75) is 58.3 Å². The Morgan fingerprint density at radius 2 is 1.72 bits per heavy atom. The van der Waals surface area contributed by atoms with Crippen LogP contribution < -0.4 is 4.74 Å². The Labute approximate surface area is 211 Å². The molecule has 1 heterocycles. The van der Waals surface area contributed by atoms with Gasteiger partial charge in [0, 0.05) is 11.3 Å². The first-order valence-corrected chi connectivity index (χ1v) is 13.1. The van der Waals surface area contributed by atoms with Crippen LogP contribution in [0.2, 0.25) is 0 Å². The highest BCUT2D eigenvalue weighted by molar-refractivity contribution is 5.92. The molecule has 186 valence electrons. The van der Waals surface area contributed by atoms with Crippen LogP contribution in [0.1, 0.15) is 77.0 Å². The van der Waals surface area contributed by atoms with Gasteiger partial charge in [-0.05, 0) is 105 Å². The van der Waals surface area contributed by atoms with Crippen molar-refractivity contribution in [2.24, 2.45) is 23.2 Å². The van der Waals surface area contributed by atoms with E-state index in [9.17, 15) is 14.7 Å². The fourth-order valence-corrected chi connectivity index (χ4v) is 7.56. The summed E-state index contributed by atoms with van der Waals surface area (Å²) < 4.78 is 5.62. The molecular weight excluding hydrogens is 452 g/mol. The SMILES string of the molecule is Cc1ccccc1-c1nc(C(=O)Oc2cccc(C(=O)O)c2)c(CCC23CC4CC(CC(C4)C2)C3)[nH]1. The molecular formula is C30H32N2O4. The predicted octanol–water partition coefficient (Wildman–Crippen LogP) is 6.45. The lowest BCUT2D eigenvalue weighted by atomic mass is 9.48. The molecule has 6 heteroatoms. The lowest BCUT2D eigenvalue weighted by Crippen LogP contribution is -2.46. The summed E-state index contributed by atoms with van der Waals surface area (Å²) in [6.45, 7) is 2.03. The van der Waals surface area contributed by atoms with Gasteiger partial charge in [0.25, 0.3) is 0 Å². The molecule has 0 unspecified atom stereocenters. The number of H-pyrrole nitrogens is 1. The van der Waals surface area contributed by atoms with Gasteiger partial charge in [-0.3, -0.25) is 0 Å². The number of esters is 1. The molecule has 0 radical (unpaired) electrons. The summed E-state index contributed by atoms with van der Waals surface area (Å²) in [4.78, 5) is 32.8. The van der Waals surface area contributed by atoms with Crippen molar-refractivity contribution >= 4 is 11.9 Å². The molecule has 0 aliphatic heterocycles. The van der Waals surface area contributed by atoms with E-state index in [0.717, 1.165) is 47.4 Å². The number of aromatic nitrogens is 2. The van der Waals surface area contributed by atoms with Crippen molar-refractivity contribution in [1.29, 1.82) is 0 Å². The maximum Gasteiger partial charge on any atom is 0.364 e. The van der Waals surface area contributed by atoms with Crippen LogP contribution in [0.5, 0.6) is 5.75 Å². The highest BCUT2D eigenvalue weighted by Gasteiger charge is 2.50. The molecule has 36 heavy (non-hydrogen) atoms. The van der Waals surface area contributed by atoms with Crippen molar-refractivity contribution < 1.29 is 19.4 Å². The van der Waals surface area contributed by atoms with E-state index in [-0.39, 0.29) is 11.3 Å². The maximum absolute atomic E-state index is 13.3. The predicted molar refractivity (Wildman–Crippen MR) is 136 cm³/mol. The van der Waals surface area contributed by atoms with Gasteiger partial charge in [0.05, 0.1) is 5.56 Å². The monoisotopic (exact) mass is 484 g/mol. The Morgan fingerprint density at radius 3 is 2.39 bits per heavy atom. The first-order chi connectivity index (χ1) is 17.4. The number of nitrogens with zero attached hydrogens (tertiary/aromatic N) is 1. The molecule has 1 aromatic heterocycles. The Bertz CT molecular complexity index is 1290. The largest absolute Gasteiger partial charge is 0.478 e. The second-order valence-electron chi connectivity index (χ2n) is 11.4. The fourth-order valence-electron chi connectivity index (χ4n) is 7.56. The molecule has 0 amide bonds. The molecule has 4 saturated carbocycles. The summed E-state index contributed by atoms with van der Waals surface area (Å²) in [5, 5.41) is 9.29. The van der Waals surface area contributed by atoms with Crippen molar-refractivity contribution in [3.63, 3.8) is 0 Å². The Hall–Kier alpha value is -3.41. The minimum atomic E-state index is -1.06. The summed E-state index contributed by atoms with van der Waals surface area (Å²) in [6.07, 6.45) is 10.00. The number of nitrogens with one attached hydrogen (secondary N) is 1. The van der Waals surface area contributed by atoms with Gasteiger partial charge in [0.15, 0.2) is 5.69 Å². The molecule has 7 rings (SSSR count). The van der Waals surface area contributed by atoms with Crippen molar-refractivity contribution in [2.75, 3.05) is 0 Å². The minimum absolute atomic E-state index is 0.0740. The minimum Gasteiger partial charge on any atom is -0.478 e. The Balaban J connectivity index is 1.29. The number of carboxylic acid groups (broad SMARTS) is 1. The number of benzene rings is 2.